The molecule has 0 saturated carbocycles. The molecule has 3 aromatic rings. The maximum atomic E-state index is 13.0. The first-order chi connectivity index (χ1) is 13.7. The normalized spacial score (nSPS) is 9.93. The lowest BCUT2D eigenvalue weighted by Crippen LogP contribution is -2.36. The van der Waals surface area contributed by atoms with Gasteiger partial charge in [0.2, 0.25) is 0 Å². The second-order valence-corrected chi connectivity index (χ2v) is 7.55. The van der Waals surface area contributed by atoms with Crippen molar-refractivity contribution in [3.63, 3.8) is 0 Å². The van der Waals surface area contributed by atoms with Crippen LogP contribution in [0.2, 0.25) is 0 Å². The average Bonchev–Trinajstić information content (AvgIpc) is 3.15. The monoisotopic (exact) mass is 467 g/mol. The standard InChI is InChI=1S/C22H25N3O2S.2ClH/c1-17-24-20(16-28-17)15-27-21-9-5-8-19(14-21)22(26)25(13-11-23)12-10-18-6-3-2-4-7-18;;/h2-9,14,16H,10-13,15,23H2,1H3;2*1H. The Bertz CT molecular complexity index is 906. The molecule has 1 aromatic heterocycles. The van der Waals surface area contributed by atoms with Crippen LogP contribution in [0.1, 0.15) is 26.6 Å². The molecule has 2 aromatic carbocycles. The first-order valence-electron chi connectivity index (χ1n) is 9.33. The Balaban J connectivity index is 0.00000225. The van der Waals surface area contributed by atoms with Gasteiger partial charge in [-0.15, -0.1) is 36.2 Å². The van der Waals surface area contributed by atoms with Gasteiger partial charge < -0.3 is 15.4 Å². The van der Waals surface area contributed by atoms with E-state index in [0.29, 0.717) is 37.6 Å². The number of aromatic nitrogens is 1. The van der Waals surface area contributed by atoms with E-state index >= 15 is 0 Å². The molecule has 0 atom stereocenters. The average molecular weight is 468 g/mol. The van der Waals surface area contributed by atoms with Crippen molar-refractivity contribution in [3.05, 3.63) is 81.8 Å². The first-order valence-corrected chi connectivity index (χ1v) is 10.2. The van der Waals surface area contributed by atoms with Crippen molar-refractivity contribution in [2.45, 2.75) is 20.0 Å². The molecular weight excluding hydrogens is 441 g/mol. The number of carbonyl (C=O) groups excluding carboxylic acids is 1. The molecule has 0 saturated heterocycles. The van der Waals surface area contributed by atoms with E-state index in [-0.39, 0.29) is 30.7 Å². The smallest absolute Gasteiger partial charge is 0.254 e. The molecule has 0 aliphatic heterocycles. The summed E-state index contributed by atoms with van der Waals surface area (Å²) in [6.45, 7) is 3.94. The second kappa shape index (κ2) is 13.2. The van der Waals surface area contributed by atoms with Gasteiger partial charge in [0.05, 0.1) is 10.7 Å². The van der Waals surface area contributed by atoms with E-state index in [1.54, 1.807) is 22.3 Å². The Morgan fingerprint density at radius 1 is 1.10 bits per heavy atom. The summed E-state index contributed by atoms with van der Waals surface area (Å²) in [5, 5.41) is 3.00. The largest absolute Gasteiger partial charge is 0.487 e. The summed E-state index contributed by atoms with van der Waals surface area (Å²) >= 11 is 1.60. The highest BCUT2D eigenvalue weighted by molar-refractivity contribution is 7.09. The Hall–Kier alpha value is -2.12. The van der Waals surface area contributed by atoms with Crippen LogP contribution in [-0.4, -0.2) is 35.4 Å². The molecule has 1 amide bonds. The lowest BCUT2D eigenvalue weighted by Gasteiger charge is -2.22. The van der Waals surface area contributed by atoms with Gasteiger partial charge in [0.15, 0.2) is 0 Å². The van der Waals surface area contributed by atoms with Gasteiger partial charge in [0, 0.05) is 30.6 Å². The number of hydrogen-bond donors (Lipinski definition) is 1. The van der Waals surface area contributed by atoms with Crippen LogP contribution in [-0.2, 0) is 13.0 Å². The predicted molar refractivity (Wildman–Crippen MR) is 127 cm³/mol. The summed E-state index contributed by atoms with van der Waals surface area (Å²) in [7, 11) is 0. The third-order valence-electron chi connectivity index (χ3n) is 4.33. The molecule has 162 valence electrons. The molecule has 0 unspecified atom stereocenters. The number of halogens is 2. The van der Waals surface area contributed by atoms with E-state index in [9.17, 15) is 4.79 Å². The molecular formula is C22H27Cl2N3O2S. The number of carbonyl (C=O) groups is 1. The molecule has 0 bridgehead atoms. The lowest BCUT2D eigenvalue weighted by molar-refractivity contribution is 0.0761. The molecule has 0 aliphatic rings. The van der Waals surface area contributed by atoms with Gasteiger partial charge in [0.1, 0.15) is 12.4 Å². The zero-order valence-corrected chi connectivity index (χ0v) is 19.3. The summed E-state index contributed by atoms with van der Waals surface area (Å²) in [6, 6.07) is 17.4. The van der Waals surface area contributed by atoms with Crippen molar-refractivity contribution < 1.29 is 9.53 Å². The number of amides is 1. The van der Waals surface area contributed by atoms with Gasteiger partial charge in [-0.25, -0.2) is 4.98 Å². The van der Waals surface area contributed by atoms with Gasteiger partial charge in [-0.2, -0.15) is 0 Å². The van der Waals surface area contributed by atoms with Gasteiger partial charge in [0.25, 0.3) is 5.91 Å². The topological polar surface area (TPSA) is 68.5 Å². The Morgan fingerprint density at radius 2 is 1.87 bits per heavy atom. The third kappa shape index (κ3) is 7.61. The van der Waals surface area contributed by atoms with E-state index in [2.05, 4.69) is 17.1 Å². The number of thiazole rings is 1. The van der Waals surface area contributed by atoms with Gasteiger partial charge >= 0.3 is 0 Å². The maximum absolute atomic E-state index is 13.0. The van der Waals surface area contributed by atoms with Crippen LogP contribution >= 0.6 is 36.2 Å². The molecule has 30 heavy (non-hydrogen) atoms. The number of hydrogen-bond acceptors (Lipinski definition) is 5. The van der Waals surface area contributed by atoms with E-state index in [4.69, 9.17) is 10.5 Å². The Morgan fingerprint density at radius 3 is 2.53 bits per heavy atom. The summed E-state index contributed by atoms with van der Waals surface area (Å²) in [4.78, 5) is 19.2. The molecule has 0 spiro atoms. The van der Waals surface area contributed by atoms with Crippen molar-refractivity contribution >= 4 is 42.1 Å². The van der Waals surface area contributed by atoms with E-state index in [0.717, 1.165) is 17.1 Å². The molecule has 3 rings (SSSR count). The van der Waals surface area contributed by atoms with Crippen molar-refractivity contribution in [2.75, 3.05) is 19.6 Å². The molecule has 2 N–H and O–H groups in total. The SMILES string of the molecule is Cc1nc(COc2cccc(C(=O)N(CCN)CCc3ccccc3)c2)cs1.Cl.Cl. The summed E-state index contributed by atoms with van der Waals surface area (Å²) in [5.74, 6) is 0.628. The second-order valence-electron chi connectivity index (χ2n) is 6.49. The number of rotatable bonds is 9. The molecule has 1 heterocycles. The number of nitrogens with zero attached hydrogens (tertiary/aromatic N) is 2. The fourth-order valence-electron chi connectivity index (χ4n) is 2.91. The summed E-state index contributed by atoms with van der Waals surface area (Å²) in [6.07, 6.45) is 0.798. The van der Waals surface area contributed by atoms with Gasteiger partial charge in [-0.1, -0.05) is 36.4 Å². The Labute approximate surface area is 194 Å². The highest BCUT2D eigenvalue weighted by Crippen LogP contribution is 2.18. The van der Waals surface area contributed by atoms with Crippen LogP contribution in [0.4, 0.5) is 0 Å². The van der Waals surface area contributed by atoms with Crippen molar-refractivity contribution in [1.29, 1.82) is 0 Å². The number of aryl methyl sites for hydroxylation is 1. The zero-order chi connectivity index (χ0) is 19.8. The Kier molecular flexibility index (Phi) is 11.4. The maximum Gasteiger partial charge on any atom is 0.254 e. The zero-order valence-electron chi connectivity index (χ0n) is 16.8. The molecule has 0 radical (unpaired) electrons. The predicted octanol–water partition coefficient (Wildman–Crippen LogP) is 4.52. The van der Waals surface area contributed by atoms with Crippen LogP contribution in [0.15, 0.2) is 60.0 Å². The van der Waals surface area contributed by atoms with Crippen molar-refractivity contribution in [2.24, 2.45) is 5.73 Å². The quantitative estimate of drug-likeness (QED) is 0.502. The first kappa shape index (κ1) is 25.9. The number of nitrogens with two attached hydrogens (primary N) is 1. The van der Waals surface area contributed by atoms with E-state index in [1.165, 1.54) is 5.56 Å². The van der Waals surface area contributed by atoms with E-state index in [1.807, 2.05) is 48.7 Å². The fraction of sp³-hybridized carbons (Fsp3) is 0.273. The van der Waals surface area contributed by atoms with E-state index < -0.39 is 0 Å². The molecule has 5 nitrogen and oxygen atoms in total. The highest BCUT2D eigenvalue weighted by Gasteiger charge is 2.16. The minimum atomic E-state index is -0.0312. The van der Waals surface area contributed by atoms with Crippen LogP contribution in [0.3, 0.4) is 0 Å². The molecule has 0 aliphatic carbocycles. The molecule has 0 fully saturated rings. The number of benzene rings is 2. The highest BCUT2D eigenvalue weighted by atomic mass is 35.5. The van der Waals surface area contributed by atoms with Crippen LogP contribution < -0.4 is 10.5 Å². The van der Waals surface area contributed by atoms with Crippen molar-refractivity contribution in [3.8, 4) is 5.75 Å². The number of ether oxygens (including phenoxy) is 1. The minimum Gasteiger partial charge on any atom is -0.487 e. The minimum absolute atomic E-state index is 0. The summed E-state index contributed by atoms with van der Waals surface area (Å²) in [5.41, 5.74) is 8.44. The van der Waals surface area contributed by atoms with Gasteiger partial charge in [-0.3, -0.25) is 4.79 Å². The molecule has 8 heteroatoms. The summed E-state index contributed by atoms with van der Waals surface area (Å²) < 4.78 is 5.81. The third-order valence-corrected chi connectivity index (χ3v) is 5.16. The van der Waals surface area contributed by atoms with Crippen LogP contribution in [0.5, 0.6) is 5.75 Å². The fourth-order valence-corrected chi connectivity index (χ4v) is 3.51. The van der Waals surface area contributed by atoms with Crippen molar-refractivity contribution in [1.82, 2.24) is 9.88 Å². The van der Waals surface area contributed by atoms with Crippen LogP contribution in [0.25, 0.3) is 0 Å². The van der Waals surface area contributed by atoms with Gasteiger partial charge in [-0.05, 0) is 37.1 Å². The van der Waals surface area contributed by atoms with Crippen LogP contribution in [0, 0.1) is 6.92 Å². The lowest BCUT2D eigenvalue weighted by atomic mass is 10.1.